The van der Waals surface area contributed by atoms with Gasteiger partial charge in [0.25, 0.3) is 5.69 Å². The summed E-state index contributed by atoms with van der Waals surface area (Å²) in [4.78, 5) is 9.88. The zero-order valence-electron chi connectivity index (χ0n) is 7.61. The Morgan fingerprint density at radius 2 is 2.29 bits per heavy atom. The second kappa shape index (κ2) is 4.39. The summed E-state index contributed by atoms with van der Waals surface area (Å²) in [5.41, 5.74) is 0.677. The number of rotatable bonds is 3. The third kappa shape index (κ3) is 2.68. The molecule has 0 aromatic heterocycles. The van der Waals surface area contributed by atoms with Gasteiger partial charge in [-0.2, -0.15) is 0 Å². The molecule has 0 radical (unpaired) electrons. The maximum Gasteiger partial charge on any atom is 0.270 e. The van der Waals surface area contributed by atoms with E-state index in [-0.39, 0.29) is 5.69 Å². The molecule has 0 aliphatic heterocycles. The van der Waals surface area contributed by atoms with Gasteiger partial charge in [0.2, 0.25) is 0 Å². The number of non-ortho nitro benzene ring substituents is 1. The monoisotopic (exact) mass is 215 g/mol. The predicted octanol–water partition coefficient (Wildman–Crippen LogP) is 2.17. The fraction of sp³-hybridized carbons (Fsp3) is 0.333. The molecule has 0 spiro atoms. The average Bonchev–Trinajstić information content (AvgIpc) is 2.07. The lowest BCUT2D eigenvalue weighted by Crippen LogP contribution is -2.04. The number of nitro benzene ring substituents is 1. The van der Waals surface area contributed by atoms with Crippen LogP contribution in [0.1, 0.15) is 12.5 Å². The average molecular weight is 216 g/mol. The Labute approximate surface area is 86.3 Å². The summed E-state index contributed by atoms with van der Waals surface area (Å²) in [6.07, 6.45) is -0.106. The van der Waals surface area contributed by atoms with Crippen LogP contribution in [0.2, 0.25) is 5.02 Å². The van der Waals surface area contributed by atoms with Gasteiger partial charge in [-0.3, -0.25) is 10.1 Å². The summed E-state index contributed by atoms with van der Waals surface area (Å²) < 4.78 is 0. The van der Waals surface area contributed by atoms with Crippen molar-refractivity contribution in [2.75, 3.05) is 0 Å². The topological polar surface area (TPSA) is 63.4 Å². The highest BCUT2D eigenvalue weighted by Crippen LogP contribution is 2.23. The van der Waals surface area contributed by atoms with Crippen LogP contribution in [0.4, 0.5) is 5.69 Å². The Morgan fingerprint density at radius 1 is 1.64 bits per heavy atom. The van der Waals surface area contributed by atoms with Crippen LogP contribution >= 0.6 is 11.6 Å². The third-order valence-electron chi connectivity index (χ3n) is 1.76. The van der Waals surface area contributed by atoms with Gasteiger partial charge in [-0.25, -0.2) is 0 Å². The highest BCUT2D eigenvalue weighted by molar-refractivity contribution is 6.31. The van der Waals surface area contributed by atoms with Gasteiger partial charge in [0.05, 0.1) is 16.0 Å². The summed E-state index contributed by atoms with van der Waals surface area (Å²) in [6, 6.07) is 4.23. The molecule has 0 heterocycles. The zero-order chi connectivity index (χ0) is 10.7. The molecule has 1 atom stereocenters. The molecule has 0 bridgehead atoms. The van der Waals surface area contributed by atoms with Crippen molar-refractivity contribution in [2.24, 2.45) is 0 Å². The molecule has 0 saturated carbocycles. The van der Waals surface area contributed by atoms with Crippen LogP contribution in [0.15, 0.2) is 18.2 Å². The molecule has 1 aromatic rings. The van der Waals surface area contributed by atoms with E-state index in [9.17, 15) is 10.1 Å². The number of aliphatic hydroxyl groups is 1. The molecule has 1 N–H and O–H groups in total. The molecule has 0 fully saturated rings. The van der Waals surface area contributed by atoms with E-state index in [0.29, 0.717) is 17.0 Å². The first kappa shape index (κ1) is 10.9. The summed E-state index contributed by atoms with van der Waals surface area (Å²) in [5.74, 6) is 0. The first-order valence-electron chi connectivity index (χ1n) is 4.11. The summed E-state index contributed by atoms with van der Waals surface area (Å²) in [6.45, 7) is 1.64. The molecule has 76 valence electrons. The van der Waals surface area contributed by atoms with E-state index in [4.69, 9.17) is 16.7 Å². The smallest absolute Gasteiger partial charge is 0.270 e. The van der Waals surface area contributed by atoms with Crippen LogP contribution in [-0.4, -0.2) is 16.1 Å². The van der Waals surface area contributed by atoms with Crippen LogP contribution in [-0.2, 0) is 6.42 Å². The van der Waals surface area contributed by atoms with Crippen LogP contribution in [0, 0.1) is 10.1 Å². The van der Waals surface area contributed by atoms with Crippen molar-refractivity contribution in [3.8, 4) is 0 Å². The van der Waals surface area contributed by atoms with Crippen molar-refractivity contribution < 1.29 is 10.0 Å². The Morgan fingerprint density at radius 3 is 2.71 bits per heavy atom. The van der Waals surface area contributed by atoms with Gasteiger partial charge >= 0.3 is 0 Å². The lowest BCUT2D eigenvalue weighted by Gasteiger charge is -2.05. The van der Waals surface area contributed by atoms with E-state index in [1.54, 1.807) is 13.0 Å². The van der Waals surface area contributed by atoms with Crippen LogP contribution < -0.4 is 0 Å². The number of nitro groups is 1. The van der Waals surface area contributed by atoms with Crippen molar-refractivity contribution in [3.05, 3.63) is 38.9 Å². The Balaban J connectivity index is 2.95. The molecule has 1 unspecified atom stereocenters. The highest BCUT2D eigenvalue weighted by Gasteiger charge is 2.10. The fourth-order valence-electron chi connectivity index (χ4n) is 1.13. The molecule has 1 aromatic carbocycles. The summed E-state index contributed by atoms with van der Waals surface area (Å²) in [7, 11) is 0. The minimum atomic E-state index is -0.506. The number of benzene rings is 1. The fourth-order valence-corrected chi connectivity index (χ4v) is 1.39. The molecular weight excluding hydrogens is 206 g/mol. The summed E-state index contributed by atoms with van der Waals surface area (Å²) in [5, 5.41) is 19.8. The number of aliphatic hydroxyl groups excluding tert-OH is 1. The van der Waals surface area contributed by atoms with Crippen LogP contribution in [0.3, 0.4) is 0 Å². The van der Waals surface area contributed by atoms with E-state index in [1.807, 2.05) is 0 Å². The maximum atomic E-state index is 10.4. The first-order chi connectivity index (χ1) is 6.50. The molecule has 14 heavy (non-hydrogen) atoms. The largest absolute Gasteiger partial charge is 0.393 e. The number of hydrogen-bond acceptors (Lipinski definition) is 3. The van der Waals surface area contributed by atoms with Crippen LogP contribution in [0.5, 0.6) is 0 Å². The Bertz CT molecular complexity index is 352. The molecule has 5 heteroatoms. The zero-order valence-corrected chi connectivity index (χ0v) is 8.36. The molecule has 1 rings (SSSR count). The van der Waals surface area contributed by atoms with E-state index >= 15 is 0 Å². The van der Waals surface area contributed by atoms with Gasteiger partial charge in [-0.15, -0.1) is 0 Å². The molecule has 4 nitrogen and oxygen atoms in total. The van der Waals surface area contributed by atoms with Gasteiger partial charge in [0, 0.05) is 12.1 Å². The number of halogens is 1. The highest BCUT2D eigenvalue weighted by atomic mass is 35.5. The third-order valence-corrected chi connectivity index (χ3v) is 2.11. The van der Waals surface area contributed by atoms with Crippen LogP contribution in [0.25, 0.3) is 0 Å². The predicted molar refractivity (Wildman–Crippen MR) is 53.5 cm³/mol. The minimum absolute atomic E-state index is 0.0376. The minimum Gasteiger partial charge on any atom is -0.393 e. The maximum absolute atomic E-state index is 10.4. The van der Waals surface area contributed by atoms with Gasteiger partial charge in [0.15, 0.2) is 0 Å². The second-order valence-electron chi connectivity index (χ2n) is 3.09. The SMILES string of the molecule is CC(O)Cc1ccc([N+](=O)[O-])cc1Cl. The van der Waals surface area contributed by atoms with Gasteiger partial charge in [-0.05, 0) is 18.9 Å². The summed E-state index contributed by atoms with van der Waals surface area (Å²) >= 11 is 5.80. The van der Waals surface area contributed by atoms with Crippen molar-refractivity contribution in [1.82, 2.24) is 0 Å². The van der Waals surface area contributed by atoms with Gasteiger partial charge in [-0.1, -0.05) is 17.7 Å². The normalized spacial score (nSPS) is 12.5. The Hall–Kier alpha value is -1.13. The number of nitrogens with zero attached hydrogens (tertiary/aromatic N) is 1. The van der Waals surface area contributed by atoms with Crippen molar-refractivity contribution in [1.29, 1.82) is 0 Å². The van der Waals surface area contributed by atoms with Crippen molar-refractivity contribution >= 4 is 17.3 Å². The molecule has 0 aliphatic carbocycles. The first-order valence-corrected chi connectivity index (χ1v) is 4.49. The van der Waals surface area contributed by atoms with E-state index in [1.165, 1.54) is 12.1 Å². The molecule has 0 amide bonds. The van der Waals surface area contributed by atoms with E-state index in [2.05, 4.69) is 0 Å². The lowest BCUT2D eigenvalue weighted by molar-refractivity contribution is -0.384. The van der Waals surface area contributed by atoms with Crippen molar-refractivity contribution in [3.63, 3.8) is 0 Å². The molecule has 0 saturated heterocycles. The standard InChI is InChI=1S/C9H10ClNO3/c1-6(12)4-7-2-3-8(11(13)14)5-9(7)10/h2-3,5-6,12H,4H2,1H3. The Kier molecular flexibility index (Phi) is 3.43. The van der Waals surface area contributed by atoms with Crippen molar-refractivity contribution in [2.45, 2.75) is 19.4 Å². The molecule has 0 aliphatic rings. The second-order valence-corrected chi connectivity index (χ2v) is 3.49. The number of hydrogen-bond donors (Lipinski definition) is 1. The lowest BCUT2D eigenvalue weighted by atomic mass is 10.1. The van der Waals surface area contributed by atoms with Gasteiger partial charge in [0.1, 0.15) is 0 Å². The van der Waals surface area contributed by atoms with E-state index in [0.717, 1.165) is 0 Å². The van der Waals surface area contributed by atoms with E-state index < -0.39 is 11.0 Å². The molecular formula is C9H10ClNO3. The quantitative estimate of drug-likeness (QED) is 0.621. The van der Waals surface area contributed by atoms with Gasteiger partial charge < -0.3 is 5.11 Å².